The fraction of sp³-hybridized carbons (Fsp3) is 0.235. The predicted octanol–water partition coefficient (Wildman–Crippen LogP) is 3.08. The van der Waals surface area contributed by atoms with Crippen molar-refractivity contribution in [2.24, 2.45) is 0 Å². The van der Waals surface area contributed by atoms with Crippen molar-refractivity contribution in [1.82, 2.24) is 0 Å². The van der Waals surface area contributed by atoms with E-state index in [0.29, 0.717) is 12.1 Å². The van der Waals surface area contributed by atoms with Gasteiger partial charge in [-0.3, -0.25) is 4.79 Å². The Morgan fingerprint density at radius 2 is 1.81 bits per heavy atom. The van der Waals surface area contributed by atoms with Crippen LogP contribution in [0.5, 0.6) is 5.75 Å². The Balaban J connectivity index is 2.11. The summed E-state index contributed by atoms with van der Waals surface area (Å²) in [6.45, 7) is 3.91. The molecule has 0 radical (unpaired) electrons. The van der Waals surface area contributed by atoms with Crippen molar-refractivity contribution in [2.75, 3.05) is 18.2 Å². The van der Waals surface area contributed by atoms with Crippen LogP contribution in [0.4, 0.5) is 11.4 Å². The number of hydrogen-bond donors (Lipinski definition) is 2. The lowest BCUT2D eigenvalue weighted by molar-refractivity contribution is -0.115. The van der Waals surface area contributed by atoms with Crippen LogP contribution >= 0.6 is 0 Å². The van der Waals surface area contributed by atoms with E-state index in [-0.39, 0.29) is 5.91 Å². The van der Waals surface area contributed by atoms with Crippen molar-refractivity contribution in [3.63, 3.8) is 0 Å². The van der Waals surface area contributed by atoms with Gasteiger partial charge in [-0.2, -0.15) is 0 Å². The van der Waals surface area contributed by atoms with Crippen molar-refractivity contribution in [2.45, 2.75) is 20.3 Å². The number of nitrogen functional groups attached to an aromatic ring is 1. The number of carbonyl (C=O) groups excluding carboxylic acids is 1. The minimum atomic E-state index is -0.0613. The van der Waals surface area contributed by atoms with Gasteiger partial charge in [0.05, 0.1) is 13.5 Å². The highest BCUT2D eigenvalue weighted by molar-refractivity contribution is 5.93. The van der Waals surface area contributed by atoms with Gasteiger partial charge in [0.15, 0.2) is 0 Å². The second-order valence-corrected chi connectivity index (χ2v) is 5.05. The first-order valence-corrected chi connectivity index (χ1v) is 6.79. The van der Waals surface area contributed by atoms with E-state index >= 15 is 0 Å². The molecular formula is C17H20N2O2. The maximum Gasteiger partial charge on any atom is 0.228 e. The monoisotopic (exact) mass is 284 g/mol. The second-order valence-electron chi connectivity index (χ2n) is 5.05. The number of rotatable bonds is 4. The summed E-state index contributed by atoms with van der Waals surface area (Å²) in [5, 5.41) is 2.93. The average Bonchev–Trinajstić information content (AvgIpc) is 2.45. The maximum atomic E-state index is 12.1. The Labute approximate surface area is 124 Å². The van der Waals surface area contributed by atoms with E-state index in [1.807, 2.05) is 38.1 Å². The van der Waals surface area contributed by atoms with Crippen molar-refractivity contribution < 1.29 is 9.53 Å². The lowest BCUT2D eigenvalue weighted by atomic mass is 10.1. The molecule has 3 N–H and O–H groups in total. The summed E-state index contributed by atoms with van der Waals surface area (Å²) in [4.78, 5) is 12.1. The predicted molar refractivity (Wildman–Crippen MR) is 85.7 cm³/mol. The van der Waals surface area contributed by atoms with Gasteiger partial charge in [0.1, 0.15) is 5.75 Å². The molecule has 0 spiro atoms. The zero-order valence-corrected chi connectivity index (χ0v) is 12.6. The van der Waals surface area contributed by atoms with Crippen molar-refractivity contribution in [3.05, 3.63) is 53.1 Å². The molecule has 0 aliphatic rings. The van der Waals surface area contributed by atoms with Gasteiger partial charge in [0.25, 0.3) is 0 Å². The van der Waals surface area contributed by atoms with Crippen LogP contribution in [0.15, 0.2) is 36.4 Å². The molecular weight excluding hydrogens is 264 g/mol. The third kappa shape index (κ3) is 3.54. The number of nitrogens with one attached hydrogen (secondary N) is 1. The smallest absolute Gasteiger partial charge is 0.228 e. The molecule has 1 amide bonds. The zero-order valence-electron chi connectivity index (χ0n) is 12.6. The Morgan fingerprint density at radius 3 is 2.43 bits per heavy atom. The Hall–Kier alpha value is -2.49. The van der Waals surface area contributed by atoms with Gasteiger partial charge >= 0.3 is 0 Å². The number of ether oxygens (including phenoxy) is 1. The van der Waals surface area contributed by atoms with Gasteiger partial charge in [-0.05, 0) is 43.2 Å². The number of methoxy groups -OCH3 is 1. The number of carbonyl (C=O) groups is 1. The number of anilines is 2. The van der Waals surface area contributed by atoms with Gasteiger partial charge in [-0.15, -0.1) is 0 Å². The molecule has 0 fully saturated rings. The highest BCUT2D eigenvalue weighted by Crippen LogP contribution is 2.29. The fourth-order valence-electron chi connectivity index (χ4n) is 2.29. The molecule has 21 heavy (non-hydrogen) atoms. The first-order valence-electron chi connectivity index (χ1n) is 6.79. The molecule has 0 bridgehead atoms. The van der Waals surface area contributed by atoms with Crippen LogP contribution in [0.25, 0.3) is 0 Å². The molecule has 0 heterocycles. The van der Waals surface area contributed by atoms with Crippen LogP contribution in [0.3, 0.4) is 0 Å². The third-order valence-electron chi connectivity index (χ3n) is 3.43. The van der Waals surface area contributed by atoms with Crippen LogP contribution in [0.2, 0.25) is 0 Å². The summed E-state index contributed by atoms with van der Waals surface area (Å²) in [6, 6.07) is 11.1. The van der Waals surface area contributed by atoms with E-state index in [4.69, 9.17) is 10.5 Å². The minimum Gasteiger partial charge on any atom is -0.496 e. The fourth-order valence-corrected chi connectivity index (χ4v) is 2.29. The molecule has 2 aromatic rings. The van der Waals surface area contributed by atoms with E-state index in [1.165, 1.54) is 0 Å². The standard InChI is InChI=1S/C17H20N2O2/c1-11-4-9-15(12(2)17(11)21-3)19-16(20)10-13-5-7-14(18)8-6-13/h4-9H,10,18H2,1-3H3,(H,19,20). The Morgan fingerprint density at radius 1 is 1.14 bits per heavy atom. The highest BCUT2D eigenvalue weighted by Gasteiger charge is 2.11. The van der Waals surface area contributed by atoms with E-state index < -0.39 is 0 Å². The summed E-state index contributed by atoms with van der Waals surface area (Å²) in [5.41, 5.74) is 10.0. The van der Waals surface area contributed by atoms with Gasteiger partial charge in [-0.25, -0.2) is 0 Å². The molecule has 0 unspecified atom stereocenters. The van der Waals surface area contributed by atoms with E-state index in [9.17, 15) is 4.79 Å². The first kappa shape index (κ1) is 14.9. The molecule has 4 nitrogen and oxygen atoms in total. The molecule has 2 rings (SSSR count). The molecule has 2 aromatic carbocycles. The van der Waals surface area contributed by atoms with E-state index in [1.54, 1.807) is 19.2 Å². The number of benzene rings is 2. The molecule has 0 aliphatic carbocycles. The topological polar surface area (TPSA) is 64.3 Å². The van der Waals surface area contributed by atoms with Crippen molar-refractivity contribution in [3.8, 4) is 5.75 Å². The number of nitrogens with two attached hydrogens (primary N) is 1. The quantitative estimate of drug-likeness (QED) is 0.848. The van der Waals surface area contributed by atoms with Gasteiger partial charge in [0.2, 0.25) is 5.91 Å². The van der Waals surface area contributed by atoms with Crippen LogP contribution in [0, 0.1) is 13.8 Å². The molecule has 110 valence electrons. The SMILES string of the molecule is COc1c(C)ccc(NC(=O)Cc2ccc(N)cc2)c1C. The number of aryl methyl sites for hydroxylation is 1. The van der Waals surface area contributed by atoms with Crippen molar-refractivity contribution in [1.29, 1.82) is 0 Å². The lowest BCUT2D eigenvalue weighted by Gasteiger charge is -2.14. The summed E-state index contributed by atoms with van der Waals surface area (Å²) in [7, 11) is 1.63. The molecule has 0 saturated heterocycles. The highest BCUT2D eigenvalue weighted by atomic mass is 16.5. The molecule has 0 aliphatic heterocycles. The summed E-state index contributed by atoms with van der Waals surface area (Å²) < 4.78 is 5.36. The summed E-state index contributed by atoms with van der Waals surface area (Å²) >= 11 is 0. The average molecular weight is 284 g/mol. The minimum absolute atomic E-state index is 0.0613. The lowest BCUT2D eigenvalue weighted by Crippen LogP contribution is -2.15. The Kier molecular flexibility index (Phi) is 4.48. The van der Waals surface area contributed by atoms with Crippen LogP contribution in [-0.4, -0.2) is 13.0 Å². The molecule has 0 aromatic heterocycles. The first-order chi connectivity index (χ1) is 10.0. The Bertz CT molecular complexity index is 649. The number of hydrogen-bond acceptors (Lipinski definition) is 3. The molecule has 0 saturated carbocycles. The van der Waals surface area contributed by atoms with Crippen LogP contribution in [0.1, 0.15) is 16.7 Å². The van der Waals surface area contributed by atoms with E-state index in [2.05, 4.69) is 5.32 Å². The second kappa shape index (κ2) is 6.31. The van der Waals surface area contributed by atoms with Gasteiger partial charge in [-0.1, -0.05) is 18.2 Å². The van der Waals surface area contributed by atoms with Crippen molar-refractivity contribution >= 4 is 17.3 Å². The molecule has 0 atom stereocenters. The van der Waals surface area contributed by atoms with Crippen LogP contribution < -0.4 is 15.8 Å². The zero-order chi connectivity index (χ0) is 15.4. The third-order valence-corrected chi connectivity index (χ3v) is 3.43. The van der Waals surface area contributed by atoms with Gasteiger partial charge < -0.3 is 15.8 Å². The summed E-state index contributed by atoms with van der Waals surface area (Å²) in [6.07, 6.45) is 0.315. The largest absolute Gasteiger partial charge is 0.496 e. The van der Waals surface area contributed by atoms with E-state index in [0.717, 1.165) is 28.1 Å². The number of amides is 1. The van der Waals surface area contributed by atoms with Gasteiger partial charge in [0, 0.05) is 16.9 Å². The van der Waals surface area contributed by atoms with Crippen LogP contribution in [-0.2, 0) is 11.2 Å². The molecule has 4 heteroatoms. The maximum absolute atomic E-state index is 12.1. The normalized spacial score (nSPS) is 10.2. The summed E-state index contributed by atoms with van der Waals surface area (Å²) in [5.74, 6) is 0.745.